The van der Waals surface area contributed by atoms with Gasteiger partial charge in [0.15, 0.2) is 11.5 Å². The summed E-state index contributed by atoms with van der Waals surface area (Å²) in [4.78, 5) is 32.3. The van der Waals surface area contributed by atoms with Gasteiger partial charge in [0.25, 0.3) is 5.91 Å². The molecule has 1 saturated carbocycles. The smallest absolute Gasteiger partial charge is 0.330 e. The maximum atomic E-state index is 13.8. The summed E-state index contributed by atoms with van der Waals surface area (Å²) in [5.41, 5.74) is 13.2. The number of hydrogen-bond donors (Lipinski definition) is 3. The summed E-state index contributed by atoms with van der Waals surface area (Å²) in [5, 5.41) is 13.7. The second kappa shape index (κ2) is 14.1. The Morgan fingerprint density at radius 2 is 1.64 bits per heavy atom. The lowest BCUT2D eigenvalue weighted by molar-refractivity contribution is -0.140. The van der Waals surface area contributed by atoms with E-state index in [1.807, 2.05) is 0 Å². The Morgan fingerprint density at radius 3 is 2.23 bits per heavy atom. The van der Waals surface area contributed by atoms with Crippen molar-refractivity contribution < 1.29 is 22.8 Å². The Morgan fingerprint density at radius 1 is 0.977 bits per heavy atom. The SMILES string of the molecule is Cl.NC[C@H]1CC[C@H](C(=O)N(C(=O)[C@@H](N)Cc2ccc(-c3cccnc3C(F)(F)F)cc2)c2ccc(-c3nnn[nH]3)cc2)CC1. The fourth-order valence-electron chi connectivity index (χ4n) is 5.43. The lowest BCUT2D eigenvalue weighted by atomic mass is 9.81. The monoisotopic (exact) mass is 628 g/mol. The van der Waals surface area contributed by atoms with Gasteiger partial charge in [-0.3, -0.25) is 14.6 Å². The van der Waals surface area contributed by atoms with Crippen LogP contribution in [0.1, 0.15) is 36.9 Å². The van der Waals surface area contributed by atoms with Crippen LogP contribution in [0, 0.1) is 11.8 Å². The Hall–Kier alpha value is -4.20. The number of hydrogen-bond acceptors (Lipinski definition) is 8. The number of anilines is 1. The van der Waals surface area contributed by atoms with Gasteiger partial charge in [0.1, 0.15) is 0 Å². The molecule has 1 fully saturated rings. The van der Waals surface area contributed by atoms with Crippen LogP contribution in [0.3, 0.4) is 0 Å². The number of aromatic amines is 1. The third-order valence-corrected chi connectivity index (χ3v) is 7.83. The maximum Gasteiger partial charge on any atom is 0.433 e. The molecular formula is C30H32ClF3N8O2. The topological polar surface area (TPSA) is 157 Å². The van der Waals surface area contributed by atoms with E-state index in [2.05, 4.69) is 25.6 Å². The Kier molecular flexibility index (Phi) is 10.4. The molecule has 44 heavy (non-hydrogen) atoms. The molecule has 1 atom stereocenters. The minimum absolute atomic E-state index is 0. The van der Waals surface area contributed by atoms with Crippen LogP contribution in [0.4, 0.5) is 18.9 Å². The molecule has 2 aromatic heterocycles. The second-order valence-corrected chi connectivity index (χ2v) is 10.7. The number of nitrogens with one attached hydrogen (secondary N) is 1. The predicted molar refractivity (Wildman–Crippen MR) is 160 cm³/mol. The fourth-order valence-corrected chi connectivity index (χ4v) is 5.43. The van der Waals surface area contributed by atoms with Crippen molar-refractivity contribution in [3.8, 4) is 22.5 Å². The van der Waals surface area contributed by atoms with Crippen LogP contribution in [0.5, 0.6) is 0 Å². The highest BCUT2D eigenvalue weighted by Crippen LogP contribution is 2.36. The van der Waals surface area contributed by atoms with Crippen LogP contribution in [-0.4, -0.2) is 50.0 Å². The average Bonchev–Trinajstić information content (AvgIpc) is 3.57. The number of nitrogens with zero attached hydrogens (tertiary/aromatic N) is 5. The molecule has 0 radical (unpaired) electrons. The van der Waals surface area contributed by atoms with E-state index in [0.29, 0.717) is 53.5 Å². The minimum Gasteiger partial charge on any atom is -0.330 e. The number of carbonyl (C=O) groups is 2. The van der Waals surface area contributed by atoms with Crippen LogP contribution in [-0.2, 0) is 22.2 Å². The first kappa shape index (κ1) is 32.7. The average molecular weight is 629 g/mol. The molecule has 0 aliphatic heterocycles. The summed E-state index contributed by atoms with van der Waals surface area (Å²) in [5.74, 6) is -0.456. The van der Waals surface area contributed by atoms with E-state index < -0.39 is 23.8 Å². The zero-order chi connectivity index (χ0) is 30.6. The number of halogens is 4. The summed E-state index contributed by atoms with van der Waals surface area (Å²) in [6.07, 6.45) is -0.581. The second-order valence-electron chi connectivity index (χ2n) is 10.7. The normalized spacial score (nSPS) is 17.4. The molecule has 1 aliphatic rings. The van der Waals surface area contributed by atoms with Crippen molar-refractivity contribution in [2.45, 2.75) is 44.3 Å². The Balaban J connectivity index is 0.00000442. The number of rotatable bonds is 8. The van der Waals surface area contributed by atoms with Gasteiger partial charge in [0.2, 0.25) is 5.91 Å². The zero-order valence-corrected chi connectivity index (χ0v) is 24.4. The third kappa shape index (κ3) is 7.29. The quantitative estimate of drug-likeness (QED) is 0.256. The van der Waals surface area contributed by atoms with Gasteiger partial charge < -0.3 is 11.5 Å². The van der Waals surface area contributed by atoms with E-state index in [0.717, 1.165) is 23.9 Å². The van der Waals surface area contributed by atoms with Gasteiger partial charge in [-0.05, 0) is 96.5 Å². The molecule has 5 rings (SSSR count). The van der Waals surface area contributed by atoms with E-state index in [1.165, 1.54) is 24.3 Å². The number of nitrogens with two attached hydrogens (primary N) is 2. The van der Waals surface area contributed by atoms with E-state index in [9.17, 15) is 22.8 Å². The Bertz CT molecular complexity index is 1540. The number of aromatic nitrogens is 5. The molecule has 14 heteroatoms. The molecule has 0 spiro atoms. The molecule has 2 amide bonds. The van der Waals surface area contributed by atoms with Gasteiger partial charge in [-0.25, -0.2) is 10.00 Å². The van der Waals surface area contributed by atoms with Crippen LogP contribution in [0.2, 0.25) is 0 Å². The third-order valence-electron chi connectivity index (χ3n) is 7.83. The van der Waals surface area contributed by atoms with Crippen LogP contribution >= 0.6 is 12.4 Å². The highest BCUT2D eigenvalue weighted by molar-refractivity contribution is 6.17. The number of carbonyl (C=O) groups excluding carboxylic acids is 2. The van der Waals surface area contributed by atoms with Crippen molar-refractivity contribution in [2.75, 3.05) is 11.4 Å². The number of H-pyrrole nitrogens is 1. The first-order chi connectivity index (χ1) is 20.7. The van der Waals surface area contributed by atoms with Crippen molar-refractivity contribution in [3.05, 3.63) is 78.1 Å². The Labute approximate surface area is 257 Å². The largest absolute Gasteiger partial charge is 0.433 e. The molecule has 2 heterocycles. The predicted octanol–water partition coefficient (Wildman–Crippen LogP) is 4.56. The van der Waals surface area contributed by atoms with Gasteiger partial charge in [-0.2, -0.15) is 13.2 Å². The minimum atomic E-state index is -4.60. The molecule has 2 aromatic carbocycles. The van der Waals surface area contributed by atoms with E-state index in [-0.39, 0.29) is 36.2 Å². The molecule has 232 valence electrons. The van der Waals surface area contributed by atoms with Crippen LogP contribution in [0.25, 0.3) is 22.5 Å². The number of alkyl halides is 3. The van der Waals surface area contributed by atoms with E-state index in [4.69, 9.17) is 11.5 Å². The van der Waals surface area contributed by atoms with E-state index >= 15 is 0 Å². The number of amides is 2. The lowest BCUT2D eigenvalue weighted by Crippen LogP contribution is -2.50. The van der Waals surface area contributed by atoms with Gasteiger partial charge in [-0.15, -0.1) is 17.5 Å². The highest BCUT2D eigenvalue weighted by Gasteiger charge is 2.36. The molecule has 5 N–H and O–H groups in total. The summed E-state index contributed by atoms with van der Waals surface area (Å²) in [7, 11) is 0. The first-order valence-corrected chi connectivity index (χ1v) is 13.9. The highest BCUT2D eigenvalue weighted by atomic mass is 35.5. The molecule has 4 aromatic rings. The summed E-state index contributed by atoms with van der Waals surface area (Å²) < 4.78 is 40.4. The zero-order valence-electron chi connectivity index (χ0n) is 23.6. The van der Waals surface area contributed by atoms with Crippen molar-refractivity contribution in [1.29, 1.82) is 0 Å². The summed E-state index contributed by atoms with van der Waals surface area (Å²) in [6.45, 7) is 0.559. The first-order valence-electron chi connectivity index (χ1n) is 13.9. The summed E-state index contributed by atoms with van der Waals surface area (Å²) >= 11 is 0. The molecular weight excluding hydrogens is 597 g/mol. The fraction of sp³-hybridized carbons (Fsp3) is 0.333. The molecule has 0 bridgehead atoms. The van der Waals surface area contributed by atoms with Gasteiger partial charge in [0, 0.05) is 23.2 Å². The van der Waals surface area contributed by atoms with Gasteiger partial charge in [-0.1, -0.05) is 30.3 Å². The van der Waals surface area contributed by atoms with Crippen LogP contribution in [0.15, 0.2) is 66.9 Å². The van der Waals surface area contributed by atoms with Crippen LogP contribution < -0.4 is 16.4 Å². The molecule has 0 unspecified atom stereocenters. The van der Waals surface area contributed by atoms with Crippen molar-refractivity contribution in [3.63, 3.8) is 0 Å². The molecule has 0 saturated heterocycles. The lowest BCUT2D eigenvalue weighted by Gasteiger charge is -2.32. The number of imide groups is 1. The van der Waals surface area contributed by atoms with Crippen molar-refractivity contribution >= 4 is 29.9 Å². The van der Waals surface area contributed by atoms with E-state index in [1.54, 1.807) is 36.4 Å². The van der Waals surface area contributed by atoms with Crippen molar-refractivity contribution in [2.24, 2.45) is 23.3 Å². The van der Waals surface area contributed by atoms with Gasteiger partial charge >= 0.3 is 6.18 Å². The molecule has 1 aliphatic carbocycles. The van der Waals surface area contributed by atoms with Gasteiger partial charge in [0.05, 0.1) is 11.7 Å². The summed E-state index contributed by atoms with van der Waals surface area (Å²) in [6, 6.07) is 14.7. The number of benzene rings is 2. The number of tetrazole rings is 1. The number of pyridine rings is 1. The van der Waals surface area contributed by atoms with Crippen molar-refractivity contribution in [1.82, 2.24) is 25.6 Å². The molecule has 10 nitrogen and oxygen atoms in total. The standard InChI is InChI=1S/C30H31F3N8O2.ClH/c31-30(32,33)26-24(2-1-15-36-26)20-7-3-18(4-8-20)16-25(35)29(43)41(28(42)22-9-5-19(17-34)6-10-22)23-13-11-21(12-14-23)27-37-39-40-38-27;/h1-4,7-8,11-15,19,22,25H,5-6,9-10,16-17,34-35H2,(H,37,38,39,40);1H/t19-,22-,25-;/m0./s1. The maximum absolute atomic E-state index is 13.8.